The van der Waals surface area contributed by atoms with Crippen LogP contribution in [0.2, 0.25) is 0 Å². The lowest BCUT2D eigenvalue weighted by Crippen LogP contribution is -1.98. The lowest BCUT2D eigenvalue weighted by atomic mass is 10.3. The number of carboxylic acid groups (broad SMARTS) is 1. The zero-order chi connectivity index (χ0) is 9.42. The molecule has 2 aromatic rings. The summed E-state index contributed by atoms with van der Waals surface area (Å²) in [4.78, 5) is 14.4. The van der Waals surface area contributed by atoms with E-state index in [-0.39, 0.29) is 11.4 Å². The first-order valence-corrected chi connectivity index (χ1v) is 3.55. The Kier molecular flexibility index (Phi) is 1.45. The molecule has 0 aliphatic carbocycles. The van der Waals surface area contributed by atoms with Gasteiger partial charge in [-0.1, -0.05) is 0 Å². The average Bonchev–Trinajstić information content (AvgIpc) is 2.45. The van der Waals surface area contributed by atoms with Gasteiger partial charge in [0.15, 0.2) is 0 Å². The van der Waals surface area contributed by atoms with Crippen molar-refractivity contribution in [3.05, 3.63) is 24.2 Å². The van der Waals surface area contributed by atoms with Crippen LogP contribution in [0.5, 0.6) is 0 Å². The predicted molar refractivity (Wildman–Crippen MR) is 45.4 cm³/mol. The number of pyridine rings is 1. The van der Waals surface area contributed by atoms with Gasteiger partial charge in [0.2, 0.25) is 5.76 Å². The molecule has 0 saturated heterocycles. The predicted octanol–water partition coefficient (Wildman–Crippen LogP) is 1.11. The van der Waals surface area contributed by atoms with Gasteiger partial charge in [-0.3, -0.25) is 4.98 Å². The first-order chi connectivity index (χ1) is 6.20. The molecule has 2 rings (SSSR count). The lowest BCUT2D eigenvalue weighted by molar-refractivity contribution is 0.0666. The maximum Gasteiger partial charge on any atom is 0.374 e. The molecule has 0 fully saturated rings. The summed E-state index contributed by atoms with van der Waals surface area (Å²) >= 11 is 0. The number of nitrogens with two attached hydrogens (primary N) is 1. The number of carbonyl (C=O) groups is 1. The van der Waals surface area contributed by atoms with Gasteiger partial charge in [-0.2, -0.15) is 0 Å². The third-order valence-corrected chi connectivity index (χ3v) is 1.72. The third kappa shape index (κ3) is 1.01. The number of fused-ring (bicyclic) bond motifs is 1. The Hall–Kier alpha value is -2.04. The highest BCUT2D eigenvalue weighted by molar-refractivity contribution is 6.02. The third-order valence-electron chi connectivity index (χ3n) is 1.72. The summed E-state index contributed by atoms with van der Waals surface area (Å²) in [6.07, 6.45) is 2.98. The molecule has 5 heteroatoms. The van der Waals surface area contributed by atoms with Gasteiger partial charge in [-0.05, 0) is 6.07 Å². The van der Waals surface area contributed by atoms with E-state index in [1.165, 1.54) is 12.4 Å². The molecular weight excluding hydrogens is 172 g/mol. The molecular formula is C8H6N2O3. The Morgan fingerprint density at radius 2 is 2.38 bits per heavy atom. The summed E-state index contributed by atoms with van der Waals surface area (Å²) in [7, 11) is 0. The van der Waals surface area contributed by atoms with Crippen molar-refractivity contribution in [2.24, 2.45) is 0 Å². The van der Waals surface area contributed by atoms with E-state index in [0.717, 1.165) is 0 Å². The van der Waals surface area contributed by atoms with E-state index in [4.69, 9.17) is 15.3 Å². The lowest BCUT2D eigenvalue weighted by Gasteiger charge is -1.87. The van der Waals surface area contributed by atoms with E-state index in [0.29, 0.717) is 11.0 Å². The summed E-state index contributed by atoms with van der Waals surface area (Å²) in [6.45, 7) is 0. The Labute approximate surface area is 72.8 Å². The molecule has 0 aromatic carbocycles. The molecule has 0 unspecified atom stereocenters. The monoisotopic (exact) mass is 178 g/mol. The number of carboxylic acids is 1. The van der Waals surface area contributed by atoms with Crippen molar-refractivity contribution in [3.63, 3.8) is 0 Å². The molecule has 3 N–H and O–H groups in total. The number of aromatic nitrogens is 1. The van der Waals surface area contributed by atoms with E-state index in [1.807, 2.05) is 0 Å². The highest BCUT2D eigenvalue weighted by atomic mass is 16.4. The van der Waals surface area contributed by atoms with Crippen LogP contribution in [0.1, 0.15) is 10.6 Å². The van der Waals surface area contributed by atoms with Crippen LogP contribution in [0, 0.1) is 0 Å². The van der Waals surface area contributed by atoms with E-state index < -0.39 is 5.97 Å². The molecule has 5 nitrogen and oxygen atoms in total. The fourth-order valence-corrected chi connectivity index (χ4v) is 1.12. The summed E-state index contributed by atoms with van der Waals surface area (Å²) in [5.41, 5.74) is 6.08. The van der Waals surface area contributed by atoms with Gasteiger partial charge in [0.05, 0.1) is 11.1 Å². The van der Waals surface area contributed by atoms with Crippen LogP contribution in [-0.2, 0) is 0 Å². The molecule has 0 bridgehead atoms. The molecule has 0 aliphatic heterocycles. The van der Waals surface area contributed by atoms with Crippen LogP contribution in [-0.4, -0.2) is 16.1 Å². The normalized spacial score (nSPS) is 10.5. The number of nitrogen functional groups attached to an aromatic ring is 1. The molecule has 0 aliphatic rings. The molecule has 0 saturated carbocycles. The Bertz CT molecular complexity index is 475. The van der Waals surface area contributed by atoms with Crippen molar-refractivity contribution >= 4 is 22.6 Å². The van der Waals surface area contributed by atoms with Crippen LogP contribution in [0.15, 0.2) is 22.9 Å². The van der Waals surface area contributed by atoms with Crippen LogP contribution >= 0.6 is 0 Å². The van der Waals surface area contributed by atoms with Gasteiger partial charge < -0.3 is 15.3 Å². The molecule has 13 heavy (non-hydrogen) atoms. The number of hydrogen-bond acceptors (Lipinski definition) is 4. The number of nitrogens with zero attached hydrogens (tertiary/aromatic N) is 1. The Balaban J connectivity index is 2.81. The summed E-state index contributed by atoms with van der Waals surface area (Å²) < 4.78 is 5.00. The van der Waals surface area contributed by atoms with Crippen molar-refractivity contribution in [2.75, 3.05) is 5.73 Å². The molecule has 0 spiro atoms. The van der Waals surface area contributed by atoms with Crippen molar-refractivity contribution in [3.8, 4) is 0 Å². The number of anilines is 1. The van der Waals surface area contributed by atoms with Gasteiger partial charge in [0, 0.05) is 12.4 Å². The van der Waals surface area contributed by atoms with E-state index in [1.54, 1.807) is 6.07 Å². The molecule has 2 aromatic heterocycles. The van der Waals surface area contributed by atoms with Crippen LogP contribution in [0.25, 0.3) is 11.0 Å². The van der Waals surface area contributed by atoms with Crippen molar-refractivity contribution < 1.29 is 14.3 Å². The second-order valence-electron chi connectivity index (χ2n) is 2.52. The van der Waals surface area contributed by atoms with Crippen molar-refractivity contribution in [1.29, 1.82) is 0 Å². The molecule has 0 amide bonds. The van der Waals surface area contributed by atoms with Crippen LogP contribution in [0.3, 0.4) is 0 Å². The van der Waals surface area contributed by atoms with Crippen molar-refractivity contribution in [2.45, 2.75) is 0 Å². The summed E-state index contributed by atoms with van der Waals surface area (Å²) in [5.74, 6) is -1.41. The quantitative estimate of drug-likeness (QED) is 0.682. The van der Waals surface area contributed by atoms with E-state index in [9.17, 15) is 4.79 Å². The smallest absolute Gasteiger partial charge is 0.374 e. The van der Waals surface area contributed by atoms with E-state index in [2.05, 4.69) is 4.98 Å². The van der Waals surface area contributed by atoms with Gasteiger partial charge in [-0.25, -0.2) is 4.79 Å². The minimum Gasteiger partial charge on any atom is -0.475 e. The molecule has 0 radical (unpaired) electrons. The molecule has 0 atom stereocenters. The Morgan fingerprint density at radius 1 is 1.62 bits per heavy atom. The number of hydrogen-bond donors (Lipinski definition) is 2. The van der Waals surface area contributed by atoms with Gasteiger partial charge in [0.1, 0.15) is 5.58 Å². The second-order valence-corrected chi connectivity index (χ2v) is 2.52. The minimum atomic E-state index is -1.17. The Morgan fingerprint density at radius 3 is 3.00 bits per heavy atom. The highest BCUT2D eigenvalue weighted by Gasteiger charge is 2.16. The van der Waals surface area contributed by atoms with Crippen molar-refractivity contribution in [1.82, 2.24) is 4.98 Å². The minimum absolute atomic E-state index is 0.121. The largest absolute Gasteiger partial charge is 0.475 e. The zero-order valence-electron chi connectivity index (χ0n) is 6.52. The average molecular weight is 178 g/mol. The maximum absolute atomic E-state index is 10.6. The SMILES string of the molecule is Nc1c(C(=O)O)oc2ccncc12. The maximum atomic E-state index is 10.6. The van der Waals surface area contributed by atoms with Crippen LogP contribution in [0.4, 0.5) is 5.69 Å². The molecule has 2 heterocycles. The summed E-state index contributed by atoms with van der Waals surface area (Å²) in [6, 6.07) is 1.57. The fraction of sp³-hybridized carbons (Fsp3) is 0. The topological polar surface area (TPSA) is 89.4 Å². The fourth-order valence-electron chi connectivity index (χ4n) is 1.12. The number of furan rings is 1. The standard InChI is InChI=1S/C8H6N2O3/c9-6-4-3-10-2-1-5(4)13-7(6)8(11)12/h1-3H,9H2,(H,11,12). The number of rotatable bonds is 1. The first kappa shape index (κ1) is 7.60. The first-order valence-electron chi connectivity index (χ1n) is 3.55. The second kappa shape index (κ2) is 2.48. The number of aromatic carboxylic acids is 1. The van der Waals surface area contributed by atoms with Gasteiger partial charge >= 0.3 is 5.97 Å². The summed E-state index contributed by atoms with van der Waals surface area (Å²) in [5, 5.41) is 9.20. The zero-order valence-corrected chi connectivity index (χ0v) is 6.52. The van der Waals surface area contributed by atoms with Crippen LogP contribution < -0.4 is 5.73 Å². The van der Waals surface area contributed by atoms with Gasteiger partial charge in [0.25, 0.3) is 0 Å². The highest BCUT2D eigenvalue weighted by Crippen LogP contribution is 2.26. The van der Waals surface area contributed by atoms with Gasteiger partial charge in [-0.15, -0.1) is 0 Å². The van der Waals surface area contributed by atoms with E-state index >= 15 is 0 Å². The molecule has 66 valence electrons.